The zero-order valence-electron chi connectivity index (χ0n) is 16.7. The lowest BCUT2D eigenvalue weighted by atomic mass is 10.00. The highest BCUT2D eigenvalue weighted by atomic mass is 16.5. The fraction of sp³-hybridized carbons (Fsp3) is 0.500. The van der Waals surface area contributed by atoms with Crippen molar-refractivity contribution in [3.63, 3.8) is 0 Å². The van der Waals surface area contributed by atoms with Gasteiger partial charge in [0, 0.05) is 31.7 Å². The van der Waals surface area contributed by atoms with Crippen LogP contribution in [-0.4, -0.2) is 53.8 Å². The lowest BCUT2D eigenvalue weighted by Gasteiger charge is -2.30. The molecule has 0 spiro atoms. The van der Waals surface area contributed by atoms with Crippen molar-refractivity contribution < 1.29 is 9.84 Å². The highest BCUT2D eigenvalue weighted by Gasteiger charge is 2.19. The summed E-state index contributed by atoms with van der Waals surface area (Å²) in [6.07, 6.45) is 4.51. The normalized spacial score (nSPS) is 19.2. The summed E-state index contributed by atoms with van der Waals surface area (Å²) in [5.41, 5.74) is 4.05. The Morgan fingerprint density at radius 1 is 0.857 bits per heavy atom. The Morgan fingerprint density at radius 2 is 1.61 bits per heavy atom. The molecule has 2 aromatic rings. The summed E-state index contributed by atoms with van der Waals surface area (Å²) >= 11 is 0. The average Bonchev–Trinajstić information content (AvgIpc) is 2.74. The van der Waals surface area contributed by atoms with Gasteiger partial charge in [-0.15, -0.1) is 0 Å². The quantitative estimate of drug-likeness (QED) is 0.798. The van der Waals surface area contributed by atoms with Crippen molar-refractivity contribution in [2.75, 3.05) is 32.8 Å². The predicted octanol–water partition coefficient (Wildman–Crippen LogP) is 3.47. The van der Waals surface area contributed by atoms with E-state index < -0.39 is 6.10 Å². The van der Waals surface area contributed by atoms with E-state index in [9.17, 15) is 5.11 Å². The van der Waals surface area contributed by atoms with Gasteiger partial charge in [0.05, 0.1) is 0 Å². The van der Waals surface area contributed by atoms with Gasteiger partial charge in [-0.25, -0.2) is 0 Å². The summed E-state index contributed by atoms with van der Waals surface area (Å²) in [5.74, 6) is 0.913. The van der Waals surface area contributed by atoms with Crippen LogP contribution in [0, 0.1) is 0 Å². The molecule has 0 aliphatic carbocycles. The van der Waals surface area contributed by atoms with E-state index in [2.05, 4.69) is 46.2 Å². The second-order valence-electron chi connectivity index (χ2n) is 8.16. The number of likely N-dealkylation sites (tertiary alicyclic amines) is 1. The van der Waals surface area contributed by atoms with Crippen molar-refractivity contribution in [3.8, 4) is 5.75 Å². The number of benzene rings is 2. The second kappa shape index (κ2) is 9.55. The first-order chi connectivity index (χ1) is 13.8. The number of aliphatic hydroxyl groups is 1. The predicted molar refractivity (Wildman–Crippen MR) is 112 cm³/mol. The third-order valence-electron chi connectivity index (χ3n) is 5.93. The summed E-state index contributed by atoms with van der Waals surface area (Å²) in [4.78, 5) is 4.84. The van der Waals surface area contributed by atoms with Gasteiger partial charge in [-0.2, -0.15) is 0 Å². The highest BCUT2D eigenvalue weighted by Crippen LogP contribution is 2.23. The fourth-order valence-corrected chi connectivity index (χ4v) is 4.38. The Labute approximate surface area is 168 Å². The monoisotopic (exact) mass is 380 g/mol. The lowest BCUT2D eigenvalue weighted by Crippen LogP contribution is -2.38. The van der Waals surface area contributed by atoms with Crippen LogP contribution in [0.4, 0.5) is 0 Å². The molecule has 4 rings (SSSR count). The Kier molecular flexibility index (Phi) is 6.63. The minimum absolute atomic E-state index is 0.342. The first-order valence-corrected chi connectivity index (χ1v) is 10.7. The van der Waals surface area contributed by atoms with Crippen LogP contribution in [0.2, 0.25) is 0 Å². The van der Waals surface area contributed by atoms with Gasteiger partial charge in [0.1, 0.15) is 18.5 Å². The molecule has 0 bridgehead atoms. The smallest absolute Gasteiger partial charge is 0.123 e. The van der Waals surface area contributed by atoms with Crippen LogP contribution < -0.4 is 4.74 Å². The number of β-amino-alcohol motifs (C(OH)–C–C–N with tert-alkyl or cyclic N) is 1. The van der Waals surface area contributed by atoms with Crippen molar-refractivity contribution in [1.82, 2.24) is 9.80 Å². The van der Waals surface area contributed by atoms with Crippen LogP contribution in [0.5, 0.6) is 5.75 Å². The molecular weight excluding hydrogens is 348 g/mol. The van der Waals surface area contributed by atoms with Crippen molar-refractivity contribution in [1.29, 1.82) is 0 Å². The van der Waals surface area contributed by atoms with Gasteiger partial charge in [0.15, 0.2) is 0 Å². The molecule has 150 valence electrons. The van der Waals surface area contributed by atoms with Gasteiger partial charge in [0.2, 0.25) is 0 Å². The van der Waals surface area contributed by atoms with E-state index in [0.29, 0.717) is 13.2 Å². The van der Waals surface area contributed by atoms with Crippen LogP contribution in [0.1, 0.15) is 36.0 Å². The minimum Gasteiger partial charge on any atom is -0.491 e. The van der Waals surface area contributed by atoms with Crippen LogP contribution in [-0.2, 0) is 19.5 Å². The Bertz CT molecular complexity index is 758. The highest BCUT2D eigenvalue weighted by molar-refractivity contribution is 5.33. The van der Waals surface area contributed by atoms with Gasteiger partial charge < -0.3 is 9.84 Å². The molecule has 4 nitrogen and oxygen atoms in total. The molecule has 2 aromatic carbocycles. The van der Waals surface area contributed by atoms with Gasteiger partial charge in [-0.05, 0) is 49.5 Å². The van der Waals surface area contributed by atoms with E-state index in [1.165, 1.54) is 49.0 Å². The molecule has 2 heterocycles. The number of piperidine rings is 1. The molecule has 2 aliphatic rings. The molecule has 0 aromatic heterocycles. The third-order valence-corrected chi connectivity index (χ3v) is 5.93. The topological polar surface area (TPSA) is 35.9 Å². The average molecular weight is 381 g/mol. The van der Waals surface area contributed by atoms with Gasteiger partial charge >= 0.3 is 0 Å². The Morgan fingerprint density at radius 3 is 2.46 bits per heavy atom. The van der Waals surface area contributed by atoms with Crippen molar-refractivity contribution >= 4 is 0 Å². The molecule has 1 fully saturated rings. The number of nitrogens with zero attached hydrogens (tertiary/aromatic N) is 2. The Balaban J connectivity index is 1.28. The summed E-state index contributed by atoms with van der Waals surface area (Å²) in [7, 11) is 0. The molecular formula is C24H32N2O2. The first-order valence-electron chi connectivity index (χ1n) is 10.7. The van der Waals surface area contributed by atoms with Crippen LogP contribution >= 0.6 is 0 Å². The number of fused-ring (bicyclic) bond motifs is 1. The van der Waals surface area contributed by atoms with E-state index in [0.717, 1.165) is 31.8 Å². The van der Waals surface area contributed by atoms with E-state index in [-0.39, 0.29) is 0 Å². The van der Waals surface area contributed by atoms with Crippen LogP contribution in [0.15, 0.2) is 48.5 Å². The van der Waals surface area contributed by atoms with Crippen LogP contribution in [0.25, 0.3) is 0 Å². The minimum atomic E-state index is -0.478. The molecule has 1 N–H and O–H groups in total. The summed E-state index contributed by atoms with van der Waals surface area (Å²) in [6.45, 7) is 6.20. The number of hydrogen-bond donors (Lipinski definition) is 1. The number of ether oxygens (including phenoxy) is 1. The van der Waals surface area contributed by atoms with Gasteiger partial charge in [-0.1, -0.05) is 48.9 Å². The lowest BCUT2D eigenvalue weighted by molar-refractivity contribution is 0.0631. The molecule has 28 heavy (non-hydrogen) atoms. The number of rotatable bonds is 7. The number of aliphatic hydroxyl groups excluding tert-OH is 1. The summed E-state index contributed by atoms with van der Waals surface area (Å²) < 4.78 is 6.05. The standard InChI is InChI=1S/C24H32N2O2/c27-23(18-26-15-12-20-8-2-3-9-21(20)16-26)19-28-24-11-5-4-10-22(24)17-25-13-6-1-7-14-25/h2-5,8-11,23,27H,1,6-7,12-19H2. The van der Waals surface area contributed by atoms with Gasteiger partial charge in [0.25, 0.3) is 0 Å². The molecule has 0 saturated carbocycles. The van der Waals surface area contributed by atoms with E-state index in [1.54, 1.807) is 0 Å². The molecule has 0 amide bonds. The van der Waals surface area contributed by atoms with Crippen molar-refractivity contribution in [2.24, 2.45) is 0 Å². The molecule has 1 saturated heterocycles. The maximum Gasteiger partial charge on any atom is 0.123 e. The second-order valence-corrected chi connectivity index (χ2v) is 8.16. The van der Waals surface area contributed by atoms with Crippen LogP contribution in [0.3, 0.4) is 0 Å². The number of para-hydroxylation sites is 1. The Hall–Kier alpha value is -1.88. The number of hydrogen-bond acceptors (Lipinski definition) is 4. The maximum absolute atomic E-state index is 10.5. The third kappa shape index (κ3) is 5.13. The summed E-state index contributed by atoms with van der Waals surface area (Å²) in [6, 6.07) is 16.9. The fourth-order valence-electron chi connectivity index (χ4n) is 4.38. The first kappa shape index (κ1) is 19.4. The SMILES string of the molecule is OC(COc1ccccc1CN1CCCCC1)CN1CCc2ccccc2C1. The molecule has 1 unspecified atom stereocenters. The van der Waals surface area contributed by atoms with E-state index >= 15 is 0 Å². The van der Waals surface area contributed by atoms with Crippen molar-refractivity contribution in [3.05, 3.63) is 65.2 Å². The zero-order valence-corrected chi connectivity index (χ0v) is 16.7. The van der Waals surface area contributed by atoms with E-state index in [1.807, 2.05) is 12.1 Å². The van der Waals surface area contributed by atoms with Gasteiger partial charge in [-0.3, -0.25) is 9.80 Å². The maximum atomic E-state index is 10.5. The molecule has 2 aliphatic heterocycles. The van der Waals surface area contributed by atoms with Crippen molar-refractivity contribution in [2.45, 2.75) is 44.9 Å². The summed E-state index contributed by atoms with van der Waals surface area (Å²) in [5, 5.41) is 10.5. The molecule has 4 heteroatoms. The molecule has 0 radical (unpaired) electrons. The van der Waals surface area contributed by atoms with E-state index in [4.69, 9.17) is 4.74 Å². The molecule has 1 atom stereocenters. The largest absolute Gasteiger partial charge is 0.491 e. The zero-order chi connectivity index (χ0) is 19.2.